The third kappa shape index (κ3) is 4.36. The molecule has 2 aromatic carbocycles. The molecule has 154 valence electrons. The quantitative estimate of drug-likeness (QED) is 0.645. The summed E-state index contributed by atoms with van der Waals surface area (Å²) in [5.74, 6) is -0.163. The third-order valence-electron chi connectivity index (χ3n) is 5.06. The number of nitrogens with zero attached hydrogens (tertiary/aromatic N) is 2. The Kier molecular flexibility index (Phi) is 6.10. The number of hydrogen-bond acceptors (Lipinski definition) is 3. The number of rotatable bonds is 7. The van der Waals surface area contributed by atoms with Crippen LogP contribution in [0.1, 0.15) is 36.3 Å². The SMILES string of the molecule is CC[C@H](C)NC(=O)c1cc2cc(S(=O)(=O)N(C)C)ccc2n1Cc1ccccc1. The molecule has 0 saturated carbocycles. The number of fused-ring (bicyclic) bond motifs is 1. The number of benzene rings is 2. The number of carbonyl (C=O) groups excluding carboxylic acids is 1. The molecule has 0 bridgehead atoms. The smallest absolute Gasteiger partial charge is 0.268 e. The fraction of sp³-hybridized carbons (Fsp3) is 0.318. The molecule has 0 fully saturated rings. The Labute approximate surface area is 172 Å². The third-order valence-corrected chi connectivity index (χ3v) is 6.87. The zero-order chi connectivity index (χ0) is 21.2. The highest BCUT2D eigenvalue weighted by Gasteiger charge is 2.21. The van der Waals surface area contributed by atoms with Gasteiger partial charge >= 0.3 is 0 Å². The highest BCUT2D eigenvalue weighted by Crippen LogP contribution is 2.26. The second kappa shape index (κ2) is 8.39. The number of hydrogen-bond donors (Lipinski definition) is 1. The lowest BCUT2D eigenvalue weighted by molar-refractivity contribution is 0.0931. The molecule has 1 heterocycles. The van der Waals surface area contributed by atoms with Crippen molar-refractivity contribution in [3.63, 3.8) is 0 Å². The lowest BCUT2D eigenvalue weighted by atomic mass is 10.2. The summed E-state index contributed by atoms with van der Waals surface area (Å²) in [6.45, 7) is 4.50. The van der Waals surface area contributed by atoms with E-state index in [1.54, 1.807) is 24.3 Å². The first-order valence-corrected chi connectivity index (χ1v) is 11.1. The summed E-state index contributed by atoms with van der Waals surface area (Å²) < 4.78 is 28.2. The summed E-state index contributed by atoms with van der Waals surface area (Å²) in [5.41, 5.74) is 2.40. The van der Waals surface area contributed by atoms with Crippen LogP contribution in [0, 0.1) is 0 Å². The second-order valence-corrected chi connectivity index (χ2v) is 9.54. The second-order valence-electron chi connectivity index (χ2n) is 7.39. The fourth-order valence-electron chi connectivity index (χ4n) is 3.14. The molecule has 0 aliphatic carbocycles. The number of amides is 1. The van der Waals surface area contributed by atoms with E-state index in [2.05, 4.69) is 5.32 Å². The van der Waals surface area contributed by atoms with Crippen LogP contribution in [0.15, 0.2) is 59.5 Å². The van der Waals surface area contributed by atoms with E-state index < -0.39 is 10.0 Å². The Morgan fingerprint density at radius 1 is 1.10 bits per heavy atom. The first-order valence-electron chi connectivity index (χ1n) is 9.64. The van der Waals surface area contributed by atoms with Crippen LogP contribution in [0.25, 0.3) is 10.9 Å². The minimum Gasteiger partial charge on any atom is -0.348 e. The molecule has 3 aromatic rings. The first-order chi connectivity index (χ1) is 13.7. The van der Waals surface area contributed by atoms with Gasteiger partial charge in [-0.25, -0.2) is 12.7 Å². The average Bonchev–Trinajstić information content (AvgIpc) is 3.06. The van der Waals surface area contributed by atoms with Crippen LogP contribution < -0.4 is 5.32 Å². The predicted octanol–water partition coefficient (Wildman–Crippen LogP) is 3.47. The topological polar surface area (TPSA) is 71.4 Å². The van der Waals surface area contributed by atoms with Crippen molar-refractivity contribution in [3.05, 3.63) is 65.9 Å². The van der Waals surface area contributed by atoms with Gasteiger partial charge in [0.1, 0.15) is 5.69 Å². The molecule has 6 nitrogen and oxygen atoms in total. The van der Waals surface area contributed by atoms with Gasteiger partial charge in [0.25, 0.3) is 5.91 Å². The molecule has 1 aromatic heterocycles. The summed E-state index contributed by atoms with van der Waals surface area (Å²) in [6, 6.07) is 16.7. The normalized spacial score (nSPS) is 13.0. The molecule has 0 aliphatic rings. The van der Waals surface area contributed by atoms with Crippen LogP contribution in [0.5, 0.6) is 0 Å². The van der Waals surface area contributed by atoms with Crippen LogP contribution >= 0.6 is 0 Å². The van der Waals surface area contributed by atoms with E-state index in [1.165, 1.54) is 18.4 Å². The molecule has 0 saturated heterocycles. The van der Waals surface area contributed by atoms with Crippen molar-refractivity contribution in [3.8, 4) is 0 Å². The first kappa shape index (κ1) is 21.1. The van der Waals surface area contributed by atoms with Crippen LogP contribution in [0.2, 0.25) is 0 Å². The summed E-state index contributed by atoms with van der Waals surface area (Å²) in [6.07, 6.45) is 0.829. The number of aromatic nitrogens is 1. The van der Waals surface area contributed by atoms with Crippen molar-refractivity contribution in [1.29, 1.82) is 0 Å². The molecule has 1 N–H and O–H groups in total. The van der Waals surface area contributed by atoms with Crippen molar-refractivity contribution in [2.75, 3.05) is 14.1 Å². The molecule has 0 unspecified atom stereocenters. The van der Waals surface area contributed by atoms with E-state index in [9.17, 15) is 13.2 Å². The summed E-state index contributed by atoms with van der Waals surface area (Å²) in [5, 5.41) is 3.73. The van der Waals surface area contributed by atoms with Crippen LogP contribution in [-0.2, 0) is 16.6 Å². The number of nitrogens with one attached hydrogen (secondary N) is 1. The van der Waals surface area contributed by atoms with E-state index in [1.807, 2.05) is 48.7 Å². The van der Waals surface area contributed by atoms with Gasteiger partial charge in [-0.2, -0.15) is 0 Å². The van der Waals surface area contributed by atoms with Gasteiger partial charge in [-0.3, -0.25) is 4.79 Å². The average molecular weight is 414 g/mol. The Morgan fingerprint density at radius 2 is 1.79 bits per heavy atom. The molecule has 0 aliphatic heterocycles. The highest BCUT2D eigenvalue weighted by atomic mass is 32.2. The van der Waals surface area contributed by atoms with E-state index in [-0.39, 0.29) is 16.8 Å². The molecular weight excluding hydrogens is 386 g/mol. The lowest BCUT2D eigenvalue weighted by Crippen LogP contribution is -2.33. The highest BCUT2D eigenvalue weighted by molar-refractivity contribution is 7.89. The number of carbonyl (C=O) groups is 1. The monoisotopic (exact) mass is 413 g/mol. The molecular formula is C22H27N3O3S. The molecule has 0 radical (unpaired) electrons. The summed E-state index contributed by atoms with van der Waals surface area (Å²) >= 11 is 0. The fourth-order valence-corrected chi connectivity index (χ4v) is 4.08. The summed E-state index contributed by atoms with van der Waals surface area (Å²) in [7, 11) is -0.540. The van der Waals surface area contributed by atoms with Crippen LogP contribution in [0.4, 0.5) is 0 Å². The van der Waals surface area contributed by atoms with Gasteiger partial charge in [-0.15, -0.1) is 0 Å². The van der Waals surface area contributed by atoms with Gasteiger partial charge < -0.3 is 9.88 Å². The maximum Gasteiger partial charge on any atom is 0.268 e. The van der Waals surface area contributed by atoms with Crippen molar-refractivity contribution < 1.29 is 13.2 Å². The van der Waals surface area contributed by atoms with Gasteiger partial charge in [0.05, 0.1) is 4.90 Å². The zero-order valence-electron chi connectivity index (χ0n) is 17.2. The van der Waals surface area contributed by atoms with Crippen molar-refractivity contribution in [2.24, 2.45) is 0 Å². The Balaban J connectivity index is 2.13. The van der Waals surface area contributed by atoms with Gasteiger partial charge in [0, 0.05) is 37.6 Å². The van der Waals surface area contributed by atoms with E-state index >= 15 is 0 Å². The molecule has 29 heavy (non-hydrogen) atoms. The van der Waals surface area contributed by atoms with E-state index in [0.717, 1.165) is 22.9 Å². The minimum atomic E-state index is -3.55. The van der Waals surface area contributed by atoms with E-state index in [4.69, 9.17) is 0 Å². The van der Waals surface area contributed by atoms with Crippen LogP contribution in [-0.4, -0.2) is 43.3 Å². The Bertz CT molecular complexity index is 1120. The van der Waals surface area contributed by atoms with Crippen molar-refractivity contribution >= 4 is 26.8 Å². The predicted molar refractivity (Wildman–Crippen MR) is 116 cm³/mol. The van der Waals surface area contributed by atoms with E-state index in [0.29, 0.717) is 12.2 Å². The maximum absolute atomic E-state index is 12.9. The van der Waals surface area contributed by atoms with Crippen LogP contribution in [0.3, 0.4) is 0 Å². The van der Waals surface area contributed by atoms with Gasteiger partial charge in [-0.05, 0) is 43.2 Å². The van der Waals surface area contributed by atoms with Crippen molar-refractivity contribution in [1.82, 2.24) is 14.2 Å². The molecule has 7 heteroatoms. The van der Waals surface area contributed by atoms with Crippen molar-refractivity contribution in [2.45, 2.75) is 37.8 Å². The largest absolute Gasteiger partial charge is 0.348 e. The number of sulfonamides is 1. The Morgan fingerprint density at radius 3 is 2.41 bits per heavy atom. The Hall–Kier alpha value is -2.64. The summed E-state index contributed by atoms with van der Waals surface area (Å²) in [4.78, 5) is 13.1. The zero-order valence-corrected chi connectivity index (χ0v) is 18.0. The van der Waals surface area contributed by atoms with Gasteiger partial charge in [-0.1, -0.05) is 37.3 Å². The maximum atomic E-state index is 12.9. The standard InChI is InChI=1S/C22H27N3O3S/c1-5-16(2)23-22(26)21-14-18-13-19(29(27,28)24(3)4)11-12-20(18)25(21)15-17-9-7-6-8-10-17/h6-14,16H,5,15H2,1-4H3,(H,23,26)/t16-/m0/s1. The molecule has 1 amide bonds. The molecule has 0 spiro atoms. The van der Waals surface area contributed by atoms with Gasteiger partial charge in [0.2, 0.25) is 10.0 Å². The van der Waals surface area contributed by atoms with Gasteiger partial charge in [0.15, 0.2) is 0 Å². The molecule has 3 rings (SSSR count). The minimum absolute atomic E-state index is 0.0513. The molecule has 1 atom stereocenters. The lowest BCUT2D eigenvalue weighted by Gasteiger charge is -2.15.